The van der Waals surface area contributed by atoms with Crippen LogP contribution in [0.3, 0.4) is 0 Å². The second-order valence-corrected chi connectivity index (χ2v) is 4.20. The van der Waals surface area contributed by atoms with Crippen LogP contribution in [0.15, 0.2) is 16.8 Å². The maximum absolute atomic E-state index is 4.56. The lowest BCUT2D eigenvalue weighted by Crippen LogP contribution is -2.35. The minimum absolute atomic E-state index is 1.16. The van der Waals surface area contributed by atoms with Crippen molar-refractivity contribution in [3.8, 4) is 0 Å². The van der Waals surface area contributed by atoms with E-state index in [-0.39, 0.29) is 0 Å². The molecular weight excluding hydrogens is 196 g/mol. The summed E-state index contributed by atoms with van der Waals surface area (Å²) in [4.78, 5) is 7.00. The first-order valence-corrected chi connectivity index (χ1v) is 6.69. The molecule has 0 aromatic rings. The molecule has 0 bridgehead atoms. The first-order valence-electron chi connectivity index (χ1n) is 6.69. The molecule has 1 rings (SSSR count). The Hall–Kier alpha value is -0.790. The Bertz CT molecular complexity index is 223. The van der Waals surface area contributed by atoms with E-state index in [9.17, 15) is 0 Å². The Kier molecular flexibility index (Phi) is 8.97. The number of amidine groups is 1. The van der Waals surface area contributed by atoms with Crippen LogP contribution in [0.5, 0.6) is 0 Å². The van der Waals surface area contributed by atoms with Gasteiger partial charge in [-0.3, -0.25) is 0 Å². The van der Waals surface area contributed by atoms with E-state index in [0.29, 0.717) is 0 Å². The van der Waals surface area contributed by atoms with Gasteiger partial charge in [0.25, 0.3) is 0 Å². The predicted octanol–water partition coefficient (Wildman–Crippen LogP) is 4.23. The minimum atomic E-state index is 1.16. The molecule has 1 saturated heterocycles. The topological polar surface area (TPSA) is 15.6 Å². The first kappa shape index (κ1) is 15.2. The van der Waals surface area contributed by atoms with E-state index in [1.54, 1.807) is 0 Å². The fraction of sp³-hybridized carbons (Fsp3) is 0.786. The molecule has 94 valence electrons. The van der Waals surface area contributed by atoms with Crippen molar-refractivity contribution in [3.63, 3.8) is 0 Å². The van der Waals surface area contributed by atoms with Crippen molar-refractivity contribution in [3.05, 3.63) is 11.8 Å². The van der Waals surface area contributed by atoms with Crippen LogP contribution in [0.2, 0.25) is 0 Å². The van der Waals surface area contributed by atoms with Gasteiger partial charge in [0.05, 0.1) is 0 Å². The smallest absolute Gasteiger partial charge is 0.104 e. The van der Waals surface area contributed by atoms with Gasteiger partial charge in [-0.1, -0.05) is 26.3 Å². The SMILES string of the molecule is CC.CCCN1CCCCC1=NC=C(C)C. The van der Waals surface area contributed by atoms with Crippen molar-refractivity contribution in [2.24, 2.45) is 4.99 Å². The summed E-state index contributed by atoms with van der Waals surface area (Å²) in [6, 6.07) is 0. The molecule has 2 heteroatoms. The fourth-order valence-electron chi connectivity index (χ4n) is 1.73. The molecule has 0 aromatic heterocycles. The molecule has 0 spiro atoms. The summed E-state index contributed by atoms with van der Waals surface area (Å²) in [6.07, 6.45) is 6.99. The van der Waals surface area contributed by atoms with E-state index in [1.807, 2.05) is 20.0 Å². The molecule has 0 amide bonds. The zero-order valence-electron chi connectivity index (χ0n) is 11.7. The molecule has 1 aliphatic rings. The van der Waals surface area contributed by atoms with Crippen LogP contribution in [-0.2, 0) is 0 Å². The lowest BCUT2D eigenvalue weighted by molar-refractivity contribution is 0.370. The number of rotatable bonds is 3. The number of aliphatic imine (C=N–C) groups is 1. The normalized spacial score (nSPS) is 17.8. The standard InChI is InChI=1S/C12H22N2.C2H6/c1-4-8-14-9-6-5-7-12(14)13-10-11(2)3;1-2/h10H,4-9H2,1-3H3;1-2H3. The lowest BCUT2D eigenvalue weighted by atomic mass is 10.1. The van der Waals surface area contributed by atoms with E-state index in [4.69, 9.17) is 0 Å². The maximum atomic E-state index is 4.56. The highest BCUT2D eigenvalue weighted by molar-refractivity contribution is 5.83. The van der Waals surface area contributed by atoms with Gasteiger partial charge in [0.15, 0.2) is 0 Å². The Morgan fingerprint density at radius 3 is 2.56 bits per heavy atom. The first-order chi connectivity index (χ1) is 7.74. The largest absolute Gasteiger partial charge is 0.360 e. The van der Waals surface area contributed by atoms with Crippen LogP contribution in [-0.4, -0.2) is 23.8 Å². The van der Waals surface area contributed by atoms with E-state index in [0.717, 1.165) is 13.0 Å². The Morgan fingerprint density at radius 1 is 1.31 bits per heavy atom. The van der Waals surface area contributed by atoms with Crippen molar-refractivity contribution in [1.82, 2.24) is 4.90 Å². The Labute approximate surface area is 101 Å². The third-order valence-electron chi connectivity index (χ3n) is 2.41. The Morgan fingerprint density at radius 2 is 2.00 bits per heavy atom. The fourth-order valence-corrected chi connectivity index (χ4v) is 1.73. The monoisotopic (exact) mass is 224 g/mol. The second-order valence-electron chi connectivity index (χ2n) is 4.20. The molecule has 0 unspecified atom stereocenters. The van der Waals surface area contributed by atoms with Gasteiger partial charge in [-0.05, 0) is 33.1 Å². The van der Waals surface area contributed by atoms with Gasteiger partial charge < -0.3 is 4.90 Å². The van der Waals surface area contributed by atoms with E-state index in [1.165, 1.54) is 37.2 Å². The van der Waals surface area contributed by atoms with Crippen molar-refractivity contribution in [2.45, 2.75) is 60.3 Å². The van der Waals surface area contributed by atoms with Crippen LogP contribution in [0.25, 0.3) is 0 Å². The lowest BCUT2D eigenvalue weighted by Gasteiger charge is -2.29. The molecule has 1 aliphatic heterocycles. The molecule has 0 saturated carbocycles. The van der Waals surface area contributed by atoms with Crippen LogP contribution < -0.4 is 0 Å². The number of hydrogen-bond donors (Lipinski definition) is 0. The maximum Gasteiger partial charge on any atom is 0.104 e. The molecule has 0 aliphatic carbocycles. The van der Waals surface area contributed by atoms with Crippen LogP contribution in [0.4, 0.5) is 0 Å². The molecular formula is C14H28N2. The molecule has 1 fully saturated rings. The van der Waals surface area contributed by atoms with Crippen LogP contribution in [0.1, 0.15) is 60.3 Å². The van der Waals surface area contributed by atoms with Gasteiger partial charge in [0.2, 0.25) is 0 Å². The molecule has 0 atom stereocenters. The number of nitrogens with zero attached hydrogens (tertiary/aromatic N) is 2. The average Bonchev–Trinajstić information content (AvgIpc) is 2.31. The van der Waals surface area contributed by atoms with Crippen molar-refractivity contribution >= 4 is 5.84 Å². The molecule has 0 aromatic carbocycles. The highest BCUT2D eigenvalue weighted by atomic mass is 15.2. The summed E-state index contributed by atoms with van der Waals surface area (Å²) in [5.74, 6) is 1.29. The predicted molar refractivity (Wildman–Crippen MR) is 73.9 cm³/mol. The van der Waals surface area contributed by atoms with Gasteiger partial charge in [-0.25, -0.2) is 4.99 Å². The van der Waals surface area contributed by atoms with Gasteiger partial charge >= 0.3 is 0 Å². The zero-order chi connectivity index (χ0) is 12.4. The number of piperidine rings is 1. The molecule has 0 radical (unpaired) electrons. The quantitative estimate of drug-likeness (QED) is 0.700. The molecule has 2 nitrogen and oxygen atoms in total. The average molecular weight is 224 g/mol. The second kappa shape index (κ2) is 9.44. The molecule has 0 N–H and O–H groups in total. The number of allylic oxidation sites excluding steroid dienone is 1. The summed E-state index contributed by atoms with van der Waals surface area (Å²) < 4.78 is 0. The van der Waals surface area contributed by atoms with Gasteiger partial charge in [-0.15, -0.1) is 0 Å². The summed E-state index contributed by atoms with van der Waals surface area (Å²) >= 11 is 0. The minimum Gasteiger partial charge on any atom is -0.360 e. The van der Waals surface area contributed by atoms with Gasteiger partial charge in [0, 0.05) is 25.7 Å². The highest BCUT2D eigenvalue weighted by Crippen LogP contribution is 2.12. The van der Waals surface area contributed by atoms with E-state index >= 15 is 0 Å². The Balaban J connectivity index is 0.00000106. The van der Waals surface area contributed by atoms with E-state index in [2.05, 4.69) is 30.7 Å². The summed E-state index contributed by atoms with van der Waals surface area (Å²) in [5.41, 5.74) is 1.28. The number of likely N-dealkylation sites (tertiary alicyclic amines) is 1. The highest BCUT2D eigenvalue weighted by Gasteiger charge is 2.14. The summed E-state index contributed by atoms with van der Waals surface area (Å²) in [6.45, 7) is 12.8. The van der Waals surface area contributed by atoms with Gasteiger partial charge in [-0.2, -0.15) is 0 Å². The van der Waals surface area contributed by atoms with E-state index < -0.39 is 0 Å². The van der Waals surface area contributed by atoms with Crippen molar-refractivity contribution in [2.75, 3.05) is 13.1 Å². The molecule has 16 heavy (non-hydrogen) atoms. The third kappa shape index (κ3) is 5.94. The zero-order valence-corrected chi connectivity index (χ0v) is 11.7. The van der Waals surface area contributed by atoms with Crippen LogP contribution >= 0.6 is 0 Å². The van der Waals surface area contributed by atoms with Gasteiger partial charge in [0.1, 0.15) is 5.84 Å². The number of hydrogen-bond acceptors (Lipinski definition) is 1. The third-order valence-corrected chi connectivity index (χ3v) is 2.41. The van der Waals surface area contributed by atoms with Crippen molar-refractivity contribution < 1.29 is 0 Å². The van der Waals surface area contributed by atoms with Crippen LogP contribution in [0, 0.1) is 0 Å². The summed E-state index contributed by atoms with van der Waals surface area (Å²) in [7, 11) is 0. The summed E-state index contributed by atoms with van der Waals surface area (Å²) in [5, 5.41) is 0. The molecule has 1 heterocycles. The van der Waals surface area contributed by atoms with Crippen molar-refractivity contribution in [1.29, 1.82) is 0 Å².